The van der Waals surface area contributed by atoms with Crippen LogP contribution in [-0.4, -0.2) is 29.5 Å². The molecule has 0 spiro atoms. The Bertz CT molecular complexity index is 862. The van der Waals surface area contributed by atoms with Gasteiger partial charge >= 0.3 is 6.18 Å². The van der Waals surface area contributed by atoms with Gasteiger partial charge in [-0.2, -0.15) is 23.4 Å². The molecule has 0 amide bonds. The average Bonchev–Trinajstić information content (AvgIpc) is 3.03. The number of hydrogen-bond acceptors (Lipinski definition) is 4. The Balaban J connectivity index is 2.22. The summed E-state index contributed by atoms with van der Waals surface area (Å²) in [7, 11) is 1.68. The highest BCUT2D eigenvalue weighted by molar-refractivity contribution is 5.58. The van der Waals surface area contributed by atoms with Crippen molar-refractivity contribution >= 4 is 0 Å². The summed E-state index contributed by atoms with van der Waals surface area (Å²) in [6.45, 7) is 3.48. The van der Waals surface area contributed by atoms with Gasteiger partial charge in [-0.15, -0.1) is 0 Å². The van der Waals surface area contributed by atoms with E-state index in [0.29, 0.717) is 17.0 Å². The topological polar surface area (TPSA) is 61.4 Å². The molecule has 0 fully saturated rings. The molecule has 0 saturated heterocycles. The monoisotopic (exact) mass is 322 g/mol. The summed E-state index contributed by atoms with van der Waals surface area (Å²) in [5.41, 5.74) is 0.922. The smallest absolute Gasteiger partial charge is 0.275 e. The first kappa shape index (κ1) is 15.2. The van der Waals surface area contributed by atoms with Crippen molar-refractivity contribution in [1.82, 2.24) is 29.5 Å². The second-order valence-corrected chi connectivity index (χ2v) is 5.18. The Morgan fingerprint density at radius 2 is 1.83 bits per heavy atom. The Morgan fingerprint density at radius 1 is 1.09 bits per heavy atom. The lowest BCUT2D eigenvalue weighted by molar-refractivity contribution is -0.141. The van der Waals surface area contributed by atoms with Gasteiger partial charge in [-0.05, 0) is 26.0 Å². The maximum Gasteiger partial charge on any atom is 0.433 e. The fourth-order valence-corrected chi connectivity index (χ4v) is 2.21. The molecule has 3 aromatic rings. The van der Waals surface area contributed by atoms with Gasteiger partial charge in [0.05, 0.1) is 17.6 Å². The molecule has 0 unspecified atom stereocenters. The predicted octanol–water partition coefficient (Wildman–Crippen LogP) is 2.70. The molecule has 0 radical (unpaired) electrons. The Hall–Kier alpha value is -2.71. The molecule has 23 heavy (non-hydrogen) atoms. The van der Waals surface area contributed by atoms with Crippen LogP contribution < -0.4 is 0 Å². The average molecular weight is 322 g/mol. The highest BCUT2D eigenvalue weighted by Gasteiger charge is 2.34. The summed E-state index contributed by atoms with van der Waals surface area (Å²) in [6, 6.07) is 2.65. The minimum absolute atomic E-state index is 0.121. The van der Waals surface area contributed by atoms with Crippen LogP contribution in [0.15, 0.2) is 24.5 Å². The molecule has 0 aliphatic rings. The first-order chi connectivity index (χ1) is 10.7. The van der Waals surface area contributed by atoms with Crippen LogP contribution in [0.4, 0.5) is 13.2 Å². The molecule has 3 rings (SSSR count). The van der Waals surface area contributed by atoms with E-state index in [1.54, 1.807) is 33.2 Å². The van der Waals surface area contributed by atoms with E-state index in [1.807, 2.05) is 0 Å². The van der Waals surface area contributed by atoms with Gasteiger partial charge in [0.2, 0.25) is 0 Å². The zero-order valence-corrected chi connectivity index (χ0v) is 12.6. The summed E-state index contributed by atoms with van der Waals surface area (Å²) in [5.74, 6) is -0.121. The van der Waals surface area contributed by atoms with E-state index in [4.69, 9.17) is 0 Å². The first-order valence-corrected chi connectivity index (χ1v) is 6.73. The van der Waals surface area contributed by atoms with E-state index in [2.05, 4.69) is 20.2 Å². The largest absolute Gasteiger partial charge is 0.433 e. The van der Waals surface area contributed by atoms with Crippen LogP contribution in [0.25, 0.3) is 17.2 Å². The van der Waals surface area contributed by atoms with Crippen LogP contribution in [0, 0.1) is 13.8 Å². The molecule has 0 aliphatic heterocycles. The molecule has 120 valence electrons. The van der Waals surface area contributed by atoms with E-state index in [0.717, 1.165) is 6.07 Å². The molecule has 3 aromatic heterocycles. The van der Waals surface area contributed by atoms with Gasteiger partial charge in [0.1, 0.15) is 0 Å². The molecule has 0 aliphatic carbocycles. The molecule has 0 N–H and O–H groups in total. The lowest BCUT2D eigenvalue weighted by atomic mass is 10.2. The van der Waals surface area contributed by atoms with Crippen molar-refractivity contribution in [2.45, 2.75) is 20.0 Å². The zero-order valence-electron chi connectivity index (χ0n) is 12.6. The second kappa shape index (κ2) is 5.18. The predicted molar refractivity (Wildman–Crippen MR) is 75.8 cm³/mol. The van der Waals surface area contributed by atoms with Crippen molar-refractivity contribution in [1.29, 1.82) is 0 Å². The van der Waals surface area contributed by atoms with Gasteiger partial charge in [-0.25, -0.2) is 14.6 Å². The molecular formula is C14H13F3N6. The van der Waals surface area contributed by atoms with Gasteiger partial charge in [0.25, 0.3) is 5.95 Å². The lowest BCUT2D eigenvalue weighted by Crippen LogP contribution is -2.14. The van der Waals surface area contributed by atoms with Crippen molar-refractivity contribution in [3.8, 4) is 17.2 Å². The van der Waals surface area contributed by atoms with Crippen molar-refractivity contribution in [3.05, 3.63) is 41.6 Å². The van der Waals surface area contributed by atoms with Crippen LogP contribution in [0.2, 0.25) is 0 Å². The Labute approximate surface area is 129 Å². The highest BCUT2D eigenvalue weighted by Crippen LogP contribution is 2.30. The molecule has 0 saturated carbocycles. The normalized spacial score (nSPS) is 11.9. The van der Waals surface area contributed by atoms with Crippen LogP contribution in [0.5, 0.6) is 0 Å². The van der Waals surface area contributed by atoms with Gasteiger partial charge in [-0.3, -0.25) is 4.68 Å². The minimum Gasteiger partial charge on any atom is -0.275 e. The Kier molecular flexibility index (Phi) is 3.42. The summed E-state index contributed by atoms with van der Waals surface area (Å²) >= 11 is 0. The summed E-state index contributed by atoms with van der Waals surface area (Å²) < 4.78 is 42.2. The van der Waals surface area contributed by atoms with Gasteiger partial charge in [-0.1, -0.05) is 0 Å². The van der Waals surface area contributed by atoms with Crippen molar-refractivity contribution in [2.75, 3.05) is 0 Å². The number of rotatable bonds is 2. The van der Waals surface area contributed by atoms with Crippen molar-refractivity contribution in [3.63, 3.8) is 0 Å². The van der Waals surface area contributed by atoms with Crippen LogP contribution in [0.1, 0.15) is 17.1 Å². The maximum absolute atomic E-state index is 13.1. The third kappa shape index (κ3) is 2.94. The third-order valence-corrected chi connectivity index (χ3v) is 3.20. The van der Waals surface area contributed by atoms with E-state index in [9.17, 15) is 13.2 Å². The van der Waals surface area contributed by atoms with Gasteiger partial charge in [0.15, 0.2) is 5.69 Å². The zero-order chi connectivity index (χ0) is 16.8. The number of aryl methyl sites for hydroxylation is 3. The molecule has 9 heteroatoms. The SMILES string of the molecule is Cc1cc(C)n(-c2nc(-c3cnn(C)c3)cc(C(F)(F)F)n2)n1. The molecule has 0 atom stereocenters. The third-order valence-electron chi connectivity index (χ3n) is 3.20. The molecule has 0 aromatic carbocycles. The number of hydrogen-bond donors (Lipinski definition) is 0. The standard InChI is InChI=1S/C14H13F3N6/c1-8-4-9(2)23(21-8)13-19-11(10-6-18-22(3)7-10)5-12(20-13)14(15,16)17/h4-7H,1-3H3. The number of alkyl halides is 3. The summed E-state index contributed by atoms with van der Waals surface area (Å²) in [5, 5.41) is 8.11. The maximum atomic E-state index is 13.1. The van der Waals surface area contributed by atoms with Crippen LogP contribution >= 0.6 is 0 Å². The van der Waals surface area contributed by atoms with Crippen molar-refractivity contribution < 1.29 is 13.2 Å². The van der Waals surface area contributed by atoms with E-state index < -0.39 is 11.9 Å². The van der Waals surface area contributed by atoms with Crippen LogP contribution in [-0.2, 0) is 13.2 Å². The minimum atomic E-state index is -4.58. The Morgan fingerprint density at radius 3 is 2.35 bits per heavy atom. The highest BCUT2D eigenvalue weighted by atomic mass is 19.4. The van der Waals surface area contributed by atoms with E-state index in [1.165, 1.54) is 15.6 Å². The van der Waals surface area contributed by atoms with Crippen LogP contribution in [0.3, 0.4) is 0 Å². The van der Waals surface area contributed by atoms with Gasteiger partial charge in [0, 0.05) is 24.5 Å². The summed E-state index contributed by atoms with van der Waals surface area (Å²) in [6.07, 6.45) is -1.54. The van der Waals surface area contributed by atoms with E-state index >= 15 is 0 Å². The fourth-order valence-electron chi connectivity index (χ4n) is 2.21. The van der Waals surface area contributed by atoms with Gasteiger partial charge < -0.3 is 0 Å². The molecule has 0 bridgehead atoms. The quantitative estimate of drug-likeness (QED) is 0.728. The lowest BCUT2D eigenvalue weighted by Gasteiger charge is -2.10. The first-order valence-electron chi connectivity index (χ1n) is 6.73. The van der Waals surface area contributed by atoms with E-state index in [-0.39, 0.29) is 11.6 Å². The number of nitrogens with zero attached hydrogens (tertiary/aromatic N) is 6. The van der Waals surface area contributed by atoms with Crippen molar-refractivity contribution in [2.24, 2.45) is 7.05 Å². The summed E-state index contributed by atoms with van der Waals surface area (Å²) in [4.78, 5) is 7.83. The number of aromatic nitrogens is 6. The molecule has 3 heterocycles. The number of halogens is 3. The molecule has 6 nitrogen and oxygen atoms in total. The second-order valence-electron chi connectivity index (χ2n) is 5.18. The fraction of sp³-hybridized carbons (Fsp3) is 0.286. The molecular weight excluding hydrogens is 309 g/mol.